The zero-order valence-corrected chi connectivity index (χ0v) is 12.1. The Balaban J connectivity index is 1.85. The highest BCUT2D eigenvalue weighted by Gasteiger charge is 2.21. The quantitative estimate of drug-likeness (QED) is 0.857. The predicted octanol–water partition coefficient (Wildman–Crippen LogP) is 1.72. The molecule has 0 spiro atoms. The second-order valence-electron chi connectivity index (χ2n) is 4.64. The third-order valence-electron chi connectivity index (χ3n) is 3.06. The summed E-state index contributed by atoms with van der Waals surface area (Å²) in [6.07, 6.45) is 0.0903. The number of rotatable bonds is 4. The molecule has 1 aliphatic heterocycles. The lowest BCUT2D eigenvalue weighted by atomic mass is 10.2. The van der Waals surface area contributed by atoms with Crippen molar-refractivity contribution in [2.24, 2.45) is 0 Å². The Morgan fingerprint density at radius 3 is 2.70 bits per heavy atom. The van der Waals surface area contributed by atoms with Crippen molar-refractivity contribution in [2.45, 2.75) is 17.9 Å². The van der Waals surface area contributed by atoms with Gasteiger partial charge in [0.2, 0.25) is 5.91 Å². The zero-order valence-electron chi connectivity index (χ0n) is 11.2. The number of benzene rings is 1. The summed E-state index contributed by atoms with van der Waals surface area (Å²) in [7, 11) is 0. The summed E-state index contributed by atoms with van der Waals surface area (Å²) in [5.41, 5.74) is 0.252. The van der Waals surface area contributed by atoms with Crippen LogP contribution in [-0.4, -0.2) is 53.4 Å². The first kappa shape index (κ1) is 14.9. The maximum absolute atomic E-state index is 12.0. The molecule has 20 heavy (non-hydrogen) atoms. The van der Waals surface area contributed by atoms with Gasteiger partial charge in [0.25, 0.3) is 0 Å². The van der Waals surface area contributed by atoms with Crippen molar-refractivity contribution in [3.63, 3.8) is 0 Å². The van der Waals surface area contributed by atoms with Crippen LogP contribution in [0, 0.1) is 0 Å². The van der Waals surface area contributed by atoms with E-state index < -0.39 is 5.97 Å². The molecule has 6 heteroatoms. The van der Waals surface area contributed by atoms with Gasteiger partial charge in [-0.15, -0.1) is 11.8 Å². The number of nitrogens with zero attached hydrogens (tertiary/aromatic N) is 1. The minimum atomic E-state index is -0.945. The van der Waals surface area contributed by atoms with Gasteiger partial charge in [-0.1, -0.05) is 0 Å². The number of amides is 1. The van der Waals surface area contributed by atoms with Gasteiger partial charge in [-0.05, 0) is 31.2 Å². The van der Waals surface area contributed by atoms with E-state index in [1.54, 1.807) is 24.3 Å². The fourth-order valence-corrected chi connectivity index (χ4v) is 2.78. The Morgan fingerprint density at radius 1 is 1.40 bits per heavy atom. The van der Waals surface area contributed by atoms with Gasteiger partial charge in [0, 0.05) is 18.0 Å². The van der Waals surface area contributed by atoms with Crippen LogP contribution in [0.5, 0.6) is 0 Å². The van der Waals surface area contributed by atoms with Crippen LogP contribution in [0.4, 0.5) is 0 Å². The van der Waals surface area contributed by atoms with Gasteiger partial charge >= 0.3 is 5.97 Å². The number of carboxylic acids is 1. The SMILES string of the molecule is CC1CN(C(=O)CSc2ccc(C(=O)O)cc2)CCO1. The first-order chi connectivity index (χ1) is 9.56. The first-order valence-corrected chi connectivity index (χ1v) is 7.40. The monoisotopic (exact) mass is 295 g/mol. The first-order valence-electron chi connectivity index (χ1n) is 6.42. The Labute approximate surface area is 121 Å². The maximum atomic E-state index is 12.0. The Morgan fingerprint density at radius 2 is 2.10 bits per heavy atom. The van der Waals surface area contributed by atoms with Crippen molar-refractivity contribution in [1.29, 1.82) is 0 Å². The minimum Gasteiger partial charge on any atom is -0.478 e. The zero-order chi connectivity index (χ0) is 14.5. The van der Waals surface area contributed by atoms with Crippen LogP contribution in [0.2, 0.25) is 0 Å². The van der Waals surface area contributed by atoms with Crippen molar-refractivity contribution < 1.29 is 19.4 Å². The number of thioether (sulfide) groups is 1. The van der Waals surface area contributed by atoms with Gasteiger partial charge in [0.15, 0.2) is 0 Å². The number of hydrogen-bond donors (Lipinski definition) is 1. The van der Waals surface area contributed by atoms with E-state index in [0.717, 1.165) is 4.90 Å². The summed E-state index contributed by atoms with van der Waals surface area (Å²) in [6, 6.07) is 6.55. The molecule has 1 unspecified atom stereocenters. The highest BCUT2D eigenvalue weighted by atomic mass is 32.2. The largest absolute Gasteiger partial charge is 0.478 e. The molecule has 5 nitrogen and oxygen atoms in total. The Kier molecular flexibility index (Phi) is 5.03. The minimum absolute atomic E-state index is 0.0902. The molecule has 108 valence electrons. The van der Waals surface area contributed by atoms with Crippen molar-refractivity contribution in [2.75, 3.05) is 25.4 Å². The molecule has 1 atom stereocenters. The number of aromatic carboxylic acids is 1. The molecule has 0 aliphatic carbocycles. The van der Waals surface area contributed by atoms with E-state index in [1.807, 2.05) is 11.8 Å². The van der Waals surface area contributed by atoms with E-state index in [0.29, 0.717) is 25.4 Å². The topological polar surface area (TPSA) is 66.8 Å². The number of carboxylic acid groups (broad SMARTS) is 1. The molecule has 0 aromatic heterocycles. The molecule has 1 N–H and O–H groups in total. The lowest BCUT2D eigenvalue weighted by Crippen LogP contribution is -2.45. The van der Waals surface area contributed by atoms with Crippen LogP contribution in [0.25, 0.3) is 0 Å². The van der Waals surface area contributed by atoms with Crippen molar-refractivity contribution >= 4 is 23.6 Å². The van der Waals surface area contributed by atoms with Crippen molar-refractivity contribution in [3.05, 3.63) is 29.8 Å². The van der Waals surface area contributed by atoms with Crippen molar-refractivity contribution in [3.8, 4) is 0 Å². The van der Waals surface area contributed by atoms with Crippen LogP contribution >= 0.6 is 11.8 Å². The maximum Gasteiger partial charge on any atom is 0.335 e. The number of morpholine rings is 1. The number of ether oxygens (including phenoxy) is 1. The predicted molar refractivity (Wildman–Crippen MR) is 76.1 cm³/mol. The third kappa shape index (κ3) is 3.98. The molecule has 1 fully saturated rings. The van der Waals surface area contributed by atoms with Gasteiger partial charge in [0.05, 0.1) is 24.0 Å². The smallest absolute Gasteiger partial charge is 0.335 e. The summed E-state index contributed by atoms with van der Waals surface area (Å²) < 4.78 is 5.40. The van der Waals surface area contributed by atoms with Gasteiger partial charge in [-0.3, -0.25) is 4.79 Å². The summed E-state index contributed by atoms with van der Waals surface area (Å²) in [4.78, 5) is 25.5. The number of hydrogen-bond acceptors (Lipinski definition) is 4. The van der Waals surface area contributed by atoms with Gasteiger partial charge < -0.3 is 14.7 Å². The molecular formula is C14H17NO4S. The van der Waals surface area contributed by atoms with E-state index in [-0.39, 0.29) is 17.6 Å². The molecular weight excluding hydrogens is 278 g/mol. The Bertz CT molecular complexity index is 488. The fourth-order valence-electron chi connectivity index (χ4n) is 1.98. The fraction of sp³-hybridized carbons (Fsp3) is 0.429. The summed E-state index contributed by atoms with van der Waals surface area (Å²) >= 11 is 1.42. The van der Waals surface area contributed by atoms with Crippen LogP contribution in [0.3, 0.4) is 0 Å². The standard InChI is InChI=1S/C14H17NO4S/c1-10-8-15(6-7-19-10)13(16)9-20-12-4-2-11(3-5-12)14(17)18/h2-5,10H,6-9H2,1H3,(H,17,18). The lowest BCUT2D eigenvalue weighted by Gasteiger charge is -2.31. The molecule has 1 amide bonds. The molecule has 2 rings (SSSR count). The van der Waals surface area contributed by atoms with E-state index >= 15 is 0 Å². The van der Waals surface area contributed by atoms with Crippen LogP contribution < -0.4 is 0 Å². The van der Waals surface area contributed by atoms with Crippen LogP contribution in [-0.2, 0) is 9.53 Å². The summed E-state index contributed by atoms with van der Waals surface area (Å²) in [5.74, 6) is -0.494. The van der Waals surface area contributed by atoms with E-state index in [2.05, 4.69) is 0 Å². The molecule has 1 aromatic rings. The lowest BCUT2D eigenvalue weighted by molar-refractivity contribution is -0.135. The van der Waals surface area contributed by atoms with Crippen LogP contribution in [0.1, 0.15) is 17.3 Å². The molecule has 0 bridgehead atoms. The number of carbonyl (C=O) groups is 2. The molecule has 0 radical (unpaired) electrons. The summed E-state index contributed by atoms with van der Waals surface area (Å²) in [6.45, 7) is 3.82. The average Bonchev–Trinajstić information content (AvgIpc) is 2.45. The van der Waals surface area contributed by atoms with Gasteiger partial charge in [0.1, 0.15) is 0 Å². The molecule has 1 heterocycles. The third-order valence-corrected chi connectivity index (χ3v) is 4.05. The highest BCUT2D eigenvalue weighted by Crippen LogP contribution is 2.19. The summed E-state index contributed by atoms with van der Waals surface area (Å²) in [5, 5.41) is 8.81. The van der Waals surface area contributed by atoms with Crippen LogP contribution in [0.15, 0.2) is 29.2 Å². The second kappa shape index (κ2) is 6.76. The van der Waals surface area contributed by atoms with Gasteiger partial charge in [-0.2, -0.15) is 0 Å². The highest BCUT2D eigenvalue weighted by molar-refractivity contribution is 8.00. The van der Waals surface area contributed by atoms with Gasteiger partial charge in [-0.25, -0.2) is 4.79 Å². The van der Waals surface area contributed by atoms with E-state index in [4.69, 9.17) is 9.84 Å². The normalized spacial score (nSPS) is 18.9. The molecule has 1 aromatic carbocycles. The van der Waals surface area contributed by atoms with Crippen molar-refractivity contribution in [1.82, 2.24) is 4.90 Å². The second-order valence-corrected chi connectivity index (χ2v) is 5.69. The molecule has 1 saturated heterocycles. The molecule has 1 aliphatic rings. The number of carbonyl (C=O) groups excluding carboxylic acids is 1. The van der Waals surface area contributed by atoms with E-state index in [9.17, 15) is 9.59 Å². The molecule has 0 saturated carbocycles. The Hall–Kier alpha value is -1.53. The van der Waals surface area contributed by atoms with E-state index in [1.165, 1.54) is 11.8 Å². The average molecular weight is 295 g/mol.